The van der Waals surface area contributed by atoms with Crippen molar-refractivity contribution in [2.45, 2.75) is 46.2 Å². The smallest absolute Gasteiger partial charge is 0.326 e. The summed E-state index contributed by atoms with van der Waals surface area (Å²) < 4.78 is 0. The predicted molar refractivity (Wildman–Crippen MR) is 61.8 cm³/mol. The number of carbonyl (C=O) groups is 2. The highest BCUT2D eigenvalue weighted by Gasteiger charge is 2.28. The zero-order valence-electron chi connectivity index (χ0n) is 10.4. The minimum absolute atomic E-state index is 0.00798. The van der Waals surface area contributed by atoms with E-state index >= 15 is 0 Å². The standard InChI is InChI=1S/C11H22N2O3/c1-5-7(4)9(11(15)16)13-10(14)8(12)6(2)3/h6-9H,5,12H2,1-4H3,(H,13,14)(H,15,16)/t7?,8-,9?/m0/s1. The first kappa shape index (κ1) is 14.9. The minimum atomic E-state index is -1.02. The zero-order valence-corrected chi connectivity index (χ0v) is 10.4. The second kappa shape index (κ2) is 6.48. The number of amides is 1. The number of nitrogens with two attached hydrogens (primary N) is 1. The van der Waals surface area contributed by atoms with Crippen LogP contribution in [0.15, 0.2) is 0 Å². The van der Waals surface area contributed by atoms with Gasteiger partial charge in [0.2, 0.25) is 5.91 Å². The maximum Gasteiger partial charge on any atom is 0.326 e. The molecule has 0 fully saturated rings. The van der Waals surface area contributed by atoms with Crippen molar-refractivity contribution in [3.63, 3.8) is 0 Å². The van der Waals surface area contributed by atoms with Crippen molar-refractivity contribution in [1.29, 1.82) is 0 Å². The number of carboxylic acid groups (broad SMARTS) is 1. The first-order valence-electron chi connectivity index (χ1n) is 5.60. The molecule has 4 N–H and O–H groups in total. The average Bonchev–Trinajstić information content (AvgIpc) is 2.22. The molecule has 16 heavy (non-hydrogen) atoms. The lowest BCUT2D eigenvalue weighted by Gasteiger charge is -2.23. The van der Waals surface area contributed by atoms with Gasteiger partial charge in [0.05, 0.1) is 6.04 Å². The number of nitrogens with one attached hydrogen (secondary N) is 1. The van der Waals surface area contributed by atoms with Crippen LogP contribution in [0.2, 0.25) is 0 Å². The van der Waals surface area contributed by atoms with E-state index in [1.54, 1.807) is 6.92 Å². The van der Waals surface area contributed by atoms with Crippen LogP contribution in [0.3, 0.4) is 0 Å². The molecule has 3 atom stereocenters. The van der Waals surface area contributed by atoms with Gasteiger partial charge in [0.15, 0.2) is 0 Å². The third kappa shape index (κ3) is 4.18. The molecule has 0 rings (SSSR count). The summed E-state index contributed by atoms with van der Waals surface area (Å²) in [5, 5.41) is 11.5. The number of hydrogen-bond donors (Lipinski definition) is 3. The summed E-state index contributed by atoms with van der Waals surface area (Å²) in [6.45, 7) is 7.32. The Morgan fingerprint density at radius 1 is 1.31 bits per heavy atom. The van der Waals surface area contributed by atoms with Gasteiger partial charge in [0.1, 0.15) is 6.04 Å². The molecular formula is C11H22N2O3. The highest BCUT2D eigenvalue weighted by Crippen LogP contribution is 2.09. The number of aliphatic carboxylic acids is 1. The molecule has 0 aliphatic carbocycles. The summed E-state index contributed by atoms with van der Waals surface area (Å²) >= 11 is 0. The maximum absolute atomic E-state index is 11.6. The van der Waals surface area contributed by atoms with Crippen LogP contribution in [0, 0.1) is 11.8 Å². The molecule has 0 aromatic rings. The summed E-state index contributed by atoms with van der Waals surface area (Å²) in [5.41, 5.74) is 5.65. The van der Waals surface area contributed by atoms with Crippen LogP contribution in [-0.2, 0) is 9.59 Å². The van der Waals surface area contributed by atoms with Gasteiger partial charge in [-0.3, -0.25) is 4.79 Å². The molecule has 0 aliphatic rings. The fourth-order valence-electron chi connectivity index (χ4n) is 1.24. The molecule has 0 aliphatic heterocycles. The molecule has 1 amide bonds. The molecule has 0 bridgehead atoms. The van der Waals surface area contributed by atoms with Gasteiger partial charge < -0.3 is 16.2 Å². The number of hydrogen-bond acceptors (Lipinski definition) is 3. The van der Waals surface area contributed by atoms with E-state index in [0.29, 0.717) is 6.42 Å². The van der Waals surface area contributed by atoms with Crippen LogP contribution in [0.4, 0.5) is 0 Å². The topological polar surface area (TPSA) is 92.4 Å². The zero-order chi connectivity index (χ0) is 12.9. The van der Waals surface area contributed by atoms with Crippen molar-refractivity contribution in [1.82, 2.24) is 5.32 Å². The van der Waals surface area contributed by atoms with E-state index in [0.717, 1.165) is 0 Å². The SMILES string of the molecule is CCC(C)C(NC(=O)[C@@H](N)C(C)C)C(=O)O. The Balaban J connectivity index is 4.52. The van der Waals surface area contributed by atoms with Crippen LogP contribution in [-0.4, -0.2) is 29.1 Å². The van der Waals surface area contributed by atoms with Crippen LogP contribution in [0.5, 0.6) is 0 Å². The summed E-state index contributed by atoms with van der Waals surface area (Å²) in [7, 11) is 0. The Labute approximate surface area is 96.4 Å². The Morgan fingerprint density at radius 2 is 1.81 bits per heavy atom. The first-order chi connectivity index (χ1) is 7.31. The van der Waals surface area contributed by atoms with Gasteiger partial charge in [-0.25, -0.2) is 4.79 Å². The molecule has 0 saturated heterocycles. The quantitative estimate of drug-likeness (QED) is 0.622. The highest BCUT2D eigenvalue weighted by atomic mass is 16.4. The first-order valence-corrected chi connectivity index (χ1v) is 5.60. The van der Waals surface area contributed by atoms with Crippen molar-refractivity contribution in [3.8, 4) is 0 Å². The summed E-state index contributed by atoms with van der Waals surface area (Å²) in [5.74, 6) is -1.53. The van der Waals surface area contributed by atoms with Crippen molar-refractivity contribution in [2.24, 2.45) is 17.6 Å². The third-order valence-corrected chi connectivity index (χ3v) is 2.80. The lowest BCUT2D eigenvalue weighted by atomic mass is 9.97. The van der Waals surface area contributed by atoms with Gasteiger partial charge in [0.25, 0.3) is 0 Å². The van der Waals surface area contributed by atoms with Crippen molar-refractivity contribution in [3.05, 3.63) is 0 Å². The van der Waals surface area contributed by atoms with Gasteiger partial charge in [-0.2, -0.15) is 0 Å². The molecule has 0 aromatic heterocycles. The van der Waals surface area contributed by atoms with E-state index in [9.17, 15) is 9.59 Å². The second-order valence-electron chi connectivity index (χ2n) is 4.48. The Kier molecular flexibility index (Phi) is 6.03. The maximum atomic E-state index is 11.6. The Bertz CT molecular complexity index is 254. The van der Waals surface area contributed by atoms with Crippen LogP contribution in [0.1, 0.15) is 34.1 Å². The minimum Gasteiger partial charge on any atom is -0.480 e. The van der Waals surface area contributed by atoms with E-state index in [-0.39, 0.29) is 11.8 Å². The molecule has 0 aromatic carbocycles. The van der Waals surface area contributed by atoms with E-state index in [2.05, 4.69) is 5.32 Å². The molecule has 94 valence electrons. The Hall–Kier alpha value is -1.10. The van der Waals surface area contributed by atoms with Gasteiger partial charge in [-0.15, -0.1) is 0 Å². The highest BCUT2D eigenvalue weighted by molar-refractivity contribution is 5.87. The van der Waals surface area contributed by atoms with Gasteiger partial charge >= 0.3 is 5.97 Å². The number of rotatable bonds is 6. The normalized spacial score (nSPS) is 16.6. The fourth-order valence-corrected chi connectivity index (χ4v) is 1.24. The lowest BCUT2D eigenvalue weighted by molar-refractivity contribution is -0.143. The Morgan fingerprint density at radius 3 is 2.12 bits per heavy atom. The van der Waals surface area contributed by atoms with E-state index < -0.39 is 24.0 Å². The molecule has 2 unspecified atom stereocenters. The predicted octanol–water partition coefficient (Wildman–Crippen LogP) is 0.585. The molecule has 0 saturated carbocycles. The third-order valence-electron chi connectivity index (χ3n) is 2.80. The van der Waals surface area contributed by atoms with E-state index in [1.807, 2.05) is 20.8 Å². The van der Waals surface area contributed by atoms with Crippen LogP contribution >= 0.6 is 0 Å². The number of carbonyl (C=O) groups excluding carboxylic acids is 1. The number of carboxylic acids is 1. The molecule has 0 radical (unpaired) electrons. The van der Waals surface area contributed by atoms with Crippen molar-refractivity contribution < 1.29 is 14.7 Å². The summed E-state index contributed by atoms with van der Waals surface area (Å²) in [4.78, 5) is 22.6. The van der Waals surface area contributed by atoms with Gasteiger partial charge in [0, 0.05) is 0 Å². The molecule has 5 heteroatoms. The summed E-state index contributed by atoms with van der Waals surface area (Å²) in [6.07, 6.45) is 0.689. The van der Waals surface area contributed by atoms with Crippen molar-refractivity contribution in [2.75, 3.05) is 0 Å². The second-order valence-corrected chi connectivity index (χ2v) is 4.48. The summed E-state index contributed by atoms with van der Waals surface area (Å²) in [6, 6.07) is -1.52. The fraction of sp³-hybridized carbons (Fsp3) is 0.818. The van der Waals surface area contributed by atoms with Crippen LogP contribution in [0.25, 0.3) is 0 Å². The largest absolute Gasteiger partial charge is 0.480 e. The van der Waals surface area contributed by atoms with Gasteiger partial charge in [-0.05, 0) is 11.8 Å². The monoisotopic (exact) mass is 230 g/mol. The van der Waals surface area contributed by atoms with Gasteiger partial charge in [-0.1, -0.05) is 34.1 Å². The molecular weight excluding hydrogens is 208 g/mol. The lowest BCUT2D eigenvalue weighted by Crippen LogP contribution is -2.52. The molecule has 0 spiro atoms. The molecule has 5 nitrogen and oxygen atoms in total. The van der Waals surface area contributed by atoms with Crippen LogP contribution < -0.4 is 11.1 Å². The van der Waals surface area contributed by atoms with E-state index in [4.69, 9.17) is 10.8 Å². The average molecular weight is 230 g/mol. The molecule has 0 heterocycles. The van der Waals surface area contributed by atoms with E-state index in [1.165, 1.54) is 0 Å². The van der Waals surface area contributed by atoms with Crippen molar-refractivity contribution >= 4 is 11.9 Å².